The largest absolute Gasteiger partial charge is 0.394 e. The Kier molecular flexibility index (Phi) is 57.6. The Morgan fingerprint density at radius 2 is 0.680 bits per heavy atom. The topological polar surface area (TPSA) is 307 Å². The van der Waals surface area contributed by atoms with Crippen LogP contribution in [0.2, 0.25) is 0 Å². The Balaban J connectivity index is 1.33. The summed E-state index contributed by atoms with van der Waals surface area (Å²) < 4.78 is 34.4. The second kappa shape index (κ2) is 63.4. The molecule has 3 heterocycles. The zero-order valence-corrected chi connectivity index (χ0v) is 63.5. The number of carbonyl (C=O) groups is 1. The summed E-state index contributed by atoms with van der Waals surface area (Å²) in [6.07, 6.45) is 60.9. The van der Waals surface area contributed by atoms with Crippen molar-refractivity contribution in [3.63, 3.8) is 0 Å². The predicted molar refractivity (Wildman–Crippen MR) is 410 cm³/mol. The number of nitrogens with one attached hydrogen (secondary N) is 1. The van der Waals surface area contributed by atoms with E-state index in [-0.39, 0.29) is 18.9 Å². The normalized spacial score (nSPS) is 26.6. The lowest BCUT2D eigenvalue weighted by Crippen LogP contribution is -2.66. The van der Waals surface area contributed by atoms with Crippen molar-refractivity contribution in [1.29, 1.82) is 0 Å². The first-order valence-electron chi connectivity index (χ1n) is 40.6. The number of hydrogen-bond acceptors (Lipinski definition) is 18. The Morgan fingerprint density at radius 1 is 0.359 bits per heavy atom. The van der Waals surface area contributed by atoms with Crippen LogP contribution >= 0.6 is 0 Å². The van der Waals surface area contributed by atoms with Gasteiger partial charge < -0.3 is 89.9 Å². The van der Waals surface area contributed by atoms with Crippen LogP contribution < -0.4 is 5.32 Å². The zero-order chi connectivity index (χ0) is 74.6. The molecule has 594 valence electrons. The minimum Gasteiger partial charge on any atom is -0.394 e. The van der Waals surface area contributed by atoms with Gasteiger partial charge in [0.2, 0.25) is 5.91 Å². The Bertz CT molecular complexity index is 2290. The number of amides is 1. The molecule has 17 atom stereocenters. The van der Waals surface area contributed by atoms with Gasteiger partial charge in [0.05, 0.1) is 38.6 Å². The number of unbranched alkanes of at least 4 members (excludes halogenated alkanes) is 31. The van der Waals surface area contributed by atoms with Crippen LogP contribution in [0.1, 0.15) is 284 Å². The maximum atomic E-state index is 13.5. The summed E-state index contributed by atoms with van der Waals surface area (Å²) in [7, 11) is 0. The molecule has 0 spiro atoms. The second-order valence-electron chi connectivity index (χ2n) is 28.5. The van der Waals surface area contributed by atoms with Gasteiger partial charge in [-0.1, -0.05) is 290 Å². The van der Waals surface area contributed by atoms with Crippen molar-refractivity contribution in [3.05, 3.63) is 109 Å². The molecule has 1 amide bonds. The van der Waals surface area contributed by atoms with Gasteiger partial charge in [0, 0.05) is 6.42 Å². The predicted octanol–water partition coefficient (Wildman–Crippen LogP) is 13.7. The molecule has 3 fully saturated rings. The maximum Gasteiger partial charge on any atom is 0.220 e. The Hall–Kier alpha value is -3.55. The molecular formula is C84H145NO18. The first-order valence-corrected chi connectivity index (χ1v) is 40.6. The van der Waals surface area contributed by atoms with E-state index >= 15 is 0 Å². The van der Waals surface area contributed by atoms with E-state index in [1.807, 2.05) is 6.08 Å². The maximum absolute atomic E-state index is 13.5. The number of carbonyl (C=O) groups excluding carboxylic acids is 1. The van der Waals surface area contributed by atoms with Crippen LogP contribution in [0.25, 0.3) is 0 Å². The van der Waals surface area contributed by atoms with E-state index in [4.69, 9.17) is 28.4 Å². The van der Waals surface area contributed by atoms with Gasteiger partial charge in [0.1, 0.15) is 73.2 Å². The standard InChI is InChI=1S/C84H145NO18/c1-3-5-7-9-11-13-15-17-19-21-23-24-25-26-27-28-29-30-31-32-33-34-35-36-37-38-39-40-41-42-44-46-48-50-52-54-56-58-60-62-72(90)85-67(68(89)61-59-57-55-53-51-49-47-45-43-22-20-18-16-14-12-10-8-6-4-2)66-98-82-78(96)75(93)80(70(64-87)100-82)103-84-79(97)76(94)81(71(65-88)101-84)102-83-77(95)74(92)73(91)69(63-86)99-83/h5,7,11,13,17,19,23-24,26-27,29-30,43,45,51,53,59,61,67-71,73-84,86-89,91-97H,3-4,6,8-10,12,14-16,18,20-22,25,28,31-42,44,46-50,52,54-58,60,62-66H2,1-2H3,(H,85,90)/b7-5-,13-11-,19-17-,24-23-,27-26-,30-29-,45-43+,53-51+,61-59+. The molecule has 3 rings (SSSR count). The molecule has 0 aromatic rings. The lowest BCUT2D eigenvalue weighted by Gasteiger charge is -2.48. The van der Waals surface area contributed by atoms with Gasteiger partial charge in [-0.2, -0.15) is 0 Å². The van der Waals surface area contributed by atoms with Crippen LogP contribution in [0.5, 0.6) is 0 Å². The van der Waals surface area contributed by atoms with Crippen LogP contribution in [-0.2, 0) is 33.2 Å². The van der Waals surface area contributed by atoms with Crippen LogP contribution in [0.3, 0.4) is 0 Å². The highest BCUT2D eigenvalue weighted by atomic mass is 16.8. The molecule has 3 saturated heterocycles. The molecule has 19 nitrogen and oxygen atoms in total. The summed E-state index contributed by atoms with van der Waals surface area (Å²) in [6, 6.07) is -1.00. The van der Waals surface area contributed by atoms with Crippen molar-refractivity contribution < 1.29 is 89.4 Å². The molecule has 0 saturated carbocycles. The summed E-state index contributed by atoms with van der Waals surface area (Å²) in [4.78, 5) is 13.5. The second-order valence-corrected chi connectivity index (χ2v) is 28.5. The number of ether oxygens (including phenoxy) is 6. The first kappa shape index (κ1) is 93.7. The molecule has 0 bridgehead atoms. The number of hydrogen-bond donors (Lipinski definition) is 12. The van der Waals surface area contributed by atoms with Crippen molar-refractivity contribution in [3.8, 4) is 0 Å². The van der Waals surface area contributed by atoms with Gasteiger partial charge in [-0.15, -0.1) is 0 Å². The summed E-state index contributed by atoms with van der Waals surface area (Å²) in [5.41, 5.74) is 0. The monoisotopic (exact) mass is 1460 g/mol. The van der Waals surface area contributed by atoms with Gasteiger partial charge in [-0.25, -0.2) is 0 Å². The Labute approximate surface area is 621 Å². The van der Waals surface area contributed by atoms with E-state index in [2.05, 4.69) is 116 Å². The van der Waals surface area contributed by atoms with E-state index in [1.165, 1.54) is 167 Å². The summed E-state index contributed by atoms with van der Waals surface area (Å²) >= 11 is 0. The highest BCUT2D eigenvalue weighted by Gasteiger charge is 2.54. The van der Waals surface area contributed by atoms with Gasteiger partial charge in [0.15, 0.2) is 18.9 Å². The van der Waals surface area contributed by atoms with Crippen LogP contribution in [-0.4, -0.2) is 193 Å². The SMILES string of the molecule is CC/C=C\C/C=C\C/C=C\C/C=C\C/C=C\C/C=C\CCCCCCCCCCCCCCCCCCCCCCC(=O)NC(COC1OC(CO)C(OC2OC(CO)C(OC3OC(CO)C(O)C(O)C3O)C(O)C2O)C(O)C1O)C(O)/C=C/CC/C=C/CC/C=C/CCCCCCCCCCC. The fourth-order valence-corrected chi connectivity index (χ4v) is 13.1. The minimum atomic E-state index is -1.99. The van der Waals surface area contributed by atoms with Crippen LogP contribution in [0, 0.1) is 0 Å². The lowest BCUT2D eigenvalue weighted by molar-refractivity contribution is -0.379. The van der Waals surface area contributed by atoms with E-state index in [1.54, 1.807) is 6.08 Å². The molecule has 103 heavy (non-hydrogen) atoms. The minimum absolute atomic E-state index is 0.230. The average molecular weight is 1460 g/mol. The summed E-state index contributed by atoms with van der Waals surface area (Å²) in [5, 5.41) is 121. The molecule has 12 N–H and O–H groups in total. The fraction of sp³-hybridized carbons (Fsp3) is 0.774. The highest BCUT2D eigenvalue weighted by Crippen LogP contribution is 2.33. The van der Waals surface area contributed by atoms with E-state index in [9.17, 15) is 61.0 Å². The number of allylic oxidation sites excluding steroid dienone is 17. The smallest absolute Gasteiger partial charge is 0.220 e. The number of rotatable bonds is 63. The fourth-order valence-electron chi connectivity index (χ4n) is 13.1. The molecule has 19 heteroatoms. The van der Waals surface area contributed by atoms with E-state index < -0.39 is 124 Å². The van der Waals surface area contributed by atoms with Gasteiger partial charge in [-0.3, -0.25) is 4.79 Å². The van der Waals surface area contributed by atoms with Crippen molar-refractivity contribution in [1.82, 2.24) is 5.32 Å². The molecule has 0 aromatic carbocycles. The third kappa shape index (κ3) is 43.3. The molecule has 0 radical (unpaired) electrons. The van der Waals surface area contributed by atoms with Crippen molar-refractivity contribution in [2.75, 3.05) is 26.4 Å². The Morgan fingerprint density at radius 3 is 1.09 bits per heavy atom. The summed E-state index contributed by atoms with van der Waals surface area (Å²) in [5.74, 6) is -0.289. The first-order chi connectivity index (χ1) is 50.3. The molecule has 3 aliphatic heterocycles. The van der Waals surface area contributed by atoms with Crippen LogP contribution in [0.4, 0.5) is 0 Å². The van der Waals surface area contributed by atoms with Gasteiger partial charge in [-0.05, 0) is 96.3 Å². The molecular weight excluding hydrogens is 1310 g/mol. The van der Waals surface area contributed by atoms with Crippen molar-refractivity contribution >= 4 is 5.91 Å². The third-order valence-corrected chi connectivity index (χ3v) is 19.5. The molecule has 0 aliphatic carbocycles. The molecule has 3 aliphatic rings. The van der Waals surface area contributed by atoms with Crippen molar-refractivity contribution in [2.45, 2.75) is 388 Å². The van der Waals surface area contributed by atoms with Gasteiger partial charge >= 0.3 is 0 Å². The average Bonchev–Trinajstić information content (AvgIpc) is 0.781. The van der Waals surface area contributed by atoms with E-state index in [0.717, 1.165) is 83.5 Å². The van der Waals surface area contributed by atoms with Crippen LogP contribution in [0.15, 0.2) is 109 Å². The zero-order valence-electron chi connectivity index (χ0n) is 63.5. The third-order valence-electron chi connectivity index (χ3n) is 19.5. The van der Waals surface area contributed by atoms with E-state index in [0.29, 0.717) is 12.8 Å². The molecule has 17 unspecified atom stereocenters. The quantitative estimate of drug-likeness (QED) is 0.0199. The highest BCUT2D eigenvalue weighted by molar-refractivity contribution is 5.76. The molecule has 0 aromatic heterocycles. The number of aliphatic hydroxyl groups excluding tert-OH is 11. The number of aliphatic hydroxyl groups is 11. The lowest BCUT2D eigenvalue weighted by atomic mass is 9.96. The van der Waals surface area contributed by atoms with Gasteiger partial charge in [0.25, 0.3) is 0 Å². The summed E-state index contributed by atoms with van der Waals surface area (Å²) in [6.45, 7) is 1.60. The van der Waals surface area contributed by atoms with Crippen molar-refractivity contribution in [2.24, 2.45) is 0 Å².